The van der Waals surface area contributed by atoms with E-state index in [0.29, 0.717) is 0 Å². The van der Waals surface area contributed by atoms with Crippen LogP contribution < -0.4 is 5.32 Å². The minimum absolute atomic E-state index is 0. The Bertz CT molecular complexity index is 262. The number of unbranched alkanes of at least 4 members (excludes halogenated alkanes) is 1. The average Bonchev–Trinajstić information content (AvgIpc) is 2.33. The first kappa shape index (κ1) is 13.7. The first-order chi connectivity index (χ1) is 7.34. The van der Waals surface area contributed by atoms with Crippen LogP contribution in [0.4, 0.5) is 0 Å². The van der Waals surface area contributed by atoms with E-state index in [1.165, 1.54) is 0 Å². The molecule has 15 heavy (non-hydrogen) atoms. The average molecular weight is 209 g/mol. The lowest BCUT2D eigenvalue weighted by molar-refractivity contribution is 0.0953. The lowest BCUT2D eigenvalue weighted by Gasteiger charge is -2.02. The van der Waals surface area contributed by atoms with Crippen molar-refractivity contribution in [1.29, 1.82) is 0 Å². The van der Waals surface area contributed by atoms with E-state index in [4.69, 9.17) is 0 Å². The van der Waals surface area contributed by atoms with Crippen molar-refractivity contribution < 1.29 is 6.22 Å². The van der Waals surface area contributed by atoms with Gasteiger partial charge in [-0.1, -0.05) is 45.4 Å². The zero-order valence-corrected chi connectivity index (χ0v) is 9.92. The molecule has 0 atom stereocenters. The van der Waals surface area contributed by atoms with E-state index in [2.05, 4.69) is 12.2 Å². The molecule has 0 aromatic heterocycles. The van der Waals surface area contributed by atoms with Crippen molar-refractivity contribution in [3.05, 3.63) is 35.9 Å². The van der Waals surface area contributed by atoms with Crippen molar-refractivity contribution >= 4 is 5.91 Å². The van der Waals surface area contributed by atoms with Gasteiger partial charge in [-0.15, -0.1) is 0 Å². The number of nitrogens with one attached hydrogen (secondary N) is 1. The zero-order chi connectivity index (χ0) is 11.5. The van der Waals surface area contributed by atoms with E-state index in [9.17, 15) is 4.79 Å². The fourth-order valence-electron chi connectivity index (χ4n) is 1.07. The summed E-state index contributed by atoms with van der Waals surface area (Å²) < 4.78 is 0. The fourth-order valence-corrected chi connectivity index (χ4v) is 1.07. The SMILES string of the molecule is CC.CCCCNC(=O)c1ccccc1.[HH]. The van der Waals surface area contributed by atoms with Crippen LogP contribution in [0.1, 0.15) is 45.4 Å². The van der Waals surface area contributed by atoms with Crippen molar-refractivity contribution in [1.82, 2.24) is 5.32 Å². The first-order valence-electron chi connectivity index (χ1n) is 5.68. The van der Waals surface area contributed by atoms with Crippen molar-refractivity contribution in [2.24, 2.45) is 0 Å². The molecular formula is C13H23NO. The first-order valence-corrected chi connectivity index (χ1v) is 5.68. The molecule has 1 N–H and O–H groups in total. The molecule has 2 heteroatoms. The normalized spacial score (nSPS) is 8.73. The molecule has 2 nitrogen and oxygen atoms in total. The number of rotatable bonds is 4. The lowest BCUT2D eigenvalue weighted by Crippen LogP contribution is -2.24. The number of carbonyl (C=O) groups is 1. The van der Waals surface area contributed by atoms with Gasteiger partial charge in [0.25, 0.3) is 5.91 Å². The Morgan fingerprint density at radius 1 is 1.27 bits per heavy atom. The molecule has 1 rings (SSSR count). The molecule has 0 aliphatic heterocycles. The Labute approximate surface area is 94.2 Å². The Balaban J connectivity index is 0. The molecule has 0 heterocycles. The van der Waals surface area contributed by atoms with Crippen LogP contribution in [0.2, 0.25) is 0 Å². The second-order valence-corrected chi connectivity index (χ2v) is 2.98. The largest absolute Gasteiger partial charge is 0.352 e. The van der Waals surface area contributed by atoms with Gasteiger partial charge in [0.1, 0.15) is 0 Å². The molecule has 0 saturated carbocycles. The minimum atomic E-state index is 0. The fraction of sp³-hybridized carbons (Fsp3) is 0.462. The Hall–Kier alpha value is -1.31. The summed E-state index contributed by atoms with van der Waals surface area (Å²) in [6.07, 6.45) is 2.15. The van der Waals surface area contributed by atoms with Gasteiger partial charge in [-0.2, -0.15) is 0 Å². The van der Waals surface area contributed by atoms with Crippen LogP contribution >= 0.6 is 0 Å². The van der Waals surface area contributed by atoms with E-state index in [0.717, 1.165) is 24.9 Å². The van der Waals surface area contributed by atoms with Gasteiger partial charge in [0.2, 0.25) is 0 Å². The second kappa shape index (κ2) is 9.25. The van der Waals surface area contributed by atoms with Gasteiger partial charge in [0.05, 0.1) is 0 Å². The van der Waals surface area contributed by atoms with Crippen LogP contribution in [0.3, 0.4) is 0 Å². The standard InChI is InChI=1S/C11H15NO.C2H6.H2/c1-2-3-9-12-11(13)10-7-5-4-6-8-10;1-2;/h4-8H,2-3,9H2,1H3,(H,12,13);1-2H3;1H. The molecule has 0 aliphatic carbocycles. The highest BCUT2D eigenvalue weighted by molar-refractivity contribution is 5.94. The summed E-state index contributed by atoms with van der Waals surface area (Å²) in [5.41, 5.74) is 0.735. The van der Waals surface area contributed by atoms with Gasteiger partial charge < -0.3 is 5.32 Å². The van der Waals surface area contributed by atoms with Crippen LogP contribution in [0.15, 0.2) is 30.3 Å². The predicted octanol–water partition coefficient (Wildman–Crippen LogP) is 3.49. The van der Waals surface area contributed by atoms with Crippen LogP contribution in [-0.4, -0.2) is 12.5 Å². The van der Waals surface area contributed by atoms with Gasteiger partial charge >= 0.3 is 0 Å². The molecule has 0 spiro atoms. The highest BCUT2D eigenvalue weighted by atomic mass is 16.1. The molecule has 0 radical (unpaired) electrons. The monoisotopic (exact) mass is 209 g/mol. The summed E-state index contributed by atoms with van der Waals surface area (Å²) in [4.78, 5) is 11.4. The zero-order valence-electron chi connectivity index (χ0n) is 9.92. The van der Waals surface area contributed by atoms with E-state index < -0.39 is 0 Å². The number of amides is 1. The number of benzene rings is 1. The molecule has 0 unspecified atom stereocenters. The Kier molecular flexibility index (Phi) is 8.44. The van der Waals surface area contributed by atoms with Gasteiger partial charge in [-0.25, -0.2) is 0 Å². The van der Waals surface area contributed by atoms with E-state index in [1.54, 1.807) is 0 Å². The van der Waals surface area contributed by atoms with Gasteiger partial charge in [0.15, 0.2) is 0 Å². The van der Waals surface area contributed by atoms with E-state index >= 15 is 0 Å². The maximum absolute atomic E-state index is 11.4. The number of hydrogen-bond donors (Lipinski definition) is 1. The van der Waals surface area contributed by atoms with Crippen LogP contribution in [0, 0.1) is 0 Å². The summed E-state index contributed by atoms with van der Waals surface area (Å²) >= 11 is 0. The third-order valence-corrected chi connectivity index (χ3v) is 1.85. The molecule has 1 aromatic rings. The van der Waals surface area contributed by atoms with Crippen molar-refractivity contribution in [3.8, 4) is 0 Å². The van der Waals surface area contributed by atoms with E-state index in [-0.39, 0.29) is 7.33 Å². The molecule has 86 valence electrons. The van der Waals surface area contributed by atoms with Crippen LogP contribution in [-0.2, 0) is 0 Å². The summed E-state index contributed by atoms with van der Waals surface area (Å²) in [7, 11) is 0. The maximum atomic E-state index is 11.4. The van der Waals surface area contributed by atoms with Gasteiger partial charge in [-0.05, 0) is 18.6 Å². The molecule has 0 bridgehead atoms. The maximum Gasteiger partial charge on any atom is 0.251 e. The summed E-state index contributed by atoms with van der Waals surface area (Å²) in [5, 5.41) is 2.86. The van der Waals surface area contributed by atoms with Crippen LogP contribution in [0.25, 0.3) is 0 Å². The molecular weight excluding hydrogens is 186 g/mol. The van der Waals surface area contributed by atoms with Crippen LogP contribution in [0.5, 0.6) is 0 Å². The molecule has 1 amide bonds. The number of hydrogen-bond acceptors (Lipinski definition) is 1. The van der Waals surface area contributed by atoms with E-state index in [1.807, 2.05) is 44.2 Å². The smallest absolute Gasteiger partial charge is 0.251 e. The van der Waals surface area contributed by atoms with Crippen molar-refractivity contribution in [2.75, 3.05) is 6.54 Å². The molecule has 1 aromatic carbocycles. The summed E-state index contributed by atoms with van der Waals surface area (Å²) in [6.45, 7) is 6.87. The topological polar surface area (TPSA) is 29.1 Å². The van der Waals surface area contributed by atoms with Crippen molar-refractivity contribution in [2.45, 2.75) is 33.6 Å². The third-order valence-electron chi connectivity index (χ3n) is 1.85. The molecule has 0 aliphatic rings. The Morgan fingerprint density at radius 3 is 2.40 bits per heavy atom. The predicted molar refractivity (Wildman–Crippen MR) is 67.1 cm³/mol. The highest BCUT2D eigenvalue weighted by Crippen LogP contribution is 1.97. The molecule has 0 fully saturated rings. The third kappa shape index (κ3) is 5.89. The van der Waals surface area contributed by atoms with Gasteiger partial charge in [-0.3, -0.25) is 4.79 Å². The van der Waals surface area contributed by atoms with Gasteiger partial charge in [0, 0.05) is 13.5 Å². The quantitative estimate of drug-likeness (QED) is 0.756. The second-order valence-electron chi connectivity index (χ2n) is 2.98. The lowest BCUT2D eigenvalue weighted by atomic mass is 10.2. The van der Waals surface area contributed by atoms with Crippen molar-refractivity contribution in [3.63, 3.8) is 0 Å². The summed E-state index contributed by atoms with van der Waals surface area (Å²) in [5.74, 6) is 0.0223. The summed E-state index contributed by atoms with van der Waals surface area (Å²) in [6, 6.07) is 9.29. The highest BCUT2D eigenvalue weighted by Gasteiger charge is 2.01. The number of carbonyl (C=O) groups excluding carboxylic acids is 1. The molecule has 0 saturated heterocycles. The Morgan fingerprint density at radius 2 is 1.87 bits per heavy atom. The minimum Gasteiger partial charge on any atom is -0.352 e.